The van der Waals surface area contributed by atoms with Gasteiger partial charge in [-0.15, -0.1) is 0 Å². The minimum Gasteiger partial charge on any atom is -0.453 e. The van der Waals surface area contributed by atoms with Gasteiger partial charge in [0.15, 0.2) is 0 Å². The summed E-state index contributed by atoms with van der Waals surface area (Å²) in [4.78, 5) is 22.6. The van der Waals surface area contributed by atoms with E-state index < -0.39 is 24.6 Å². The minimum atomic E-state index is -1.01. The van der Waals surface area contributed by atoms with Crippen molar-refractivity contribution in [3.8, 4) is 0 Å². The van der Waals surface area contributed by atoms with E-state index in [1.165, 1.54) is 7.11 Å². The van der Waals surface area contributed by atoms with Crippen molar-refractivity contribution in [2.24, 2.45) is 0 Å². The number of rotatable bonds is 5. The summed E-state index contributed by atoms with van der Waals surface area (Å²) in [5.41, 5.74) is 0.931. The normalized spacial score (nSPS) is 11.4. The lowest BCUT2D eigenvalue weighted by molar-refractivity contribution is -0.124. The number of benzene rings is 1. The van der Waals surface area contributed by atoms with Crippen molar-refractivity contribution in [1.29, 1.82) is 0 Å². The molecular formula is C12H16N2O4. The third-order valence-electron chi connectivity index (χ3n) is 2.29. The highest BCUT2D eigenvalue weighted by Crippen LogP contribution is 1.97. The molecule has 1 atom stereocenters. The van der Waals surface area contributed by atoms with Gasteiger partial charge in [0.25, 0.3) is 0 Å². The third kappa shape index (κ3) is 4.42. The zero-order valence-corrected chi connectivity index (χ0v) is 10.1. The van der Waals surface area contributed by atoms with Gasteiger partial charge >= 0.3 is 6.09 Å². The van der Waals surface area contributed by atoms with Crippen LogP contribution in [0, 0.1) is 0 Å². The summed E-state index contributed by atoms with van der Waals surface area (Å²) in [6.45, 7) is -0.158. The van der Waals surface area contributed by atoms with Gasteiger partial charge in [-0.1, -0.05) is 30.3 Å². The Hall–Kier alpha value is -2.08. The predicted molar refractivity (Wildman–Crippen MR) is 64.7 cm³/mol. The molecule has 0 aliphatic heterocycles. The topological polar surface area (TPSA) is 87.7 Å². The van der Waals surface area contributed by atoms with Gasteiger partial charge in [0.1, 0.15) is 6.04 Å². The third-order valence-corrected chi connectivity index (χ3v) is 2.29. The van der Waals surface area contributed by atoms with Crippen LogP contribution in [0.2, 0.25) is 0 Å². The first-order chi connectivity index (χ1) is 8.67. The molecule has 6 heteroatoms. The zero-order valence-electron chi connectivity index (χ0n) is 10.1. The van der Waals surface area contributed by atoms with Crippen LogP contribution in [0.3, 0.4) is 0 Å². The van der Waals surface area contributed by atoms with E-state index in [-0.39, 0.29) is 0 Å². The molecule has 0 unspecified atom stereocenters. The summed E-state index contributed by atoms with van der Waals surface area (Å²) >= 11 is 0. The van der Waals surface area contributed by atoms with E-state index in [4.69, 9.17) is 5.11 Å². The van der Waals surface area contributed by atoms with Crippen LogP contribution in [0.25, 0.3) is 0 Å². The van der Waals surface area contributed by atoms with Gasteiger partial charge in [-0.2, -0.15) is 0 Å². The van der Waals surface area contributed by atoms with E-state index in [0.29, 0.717) is 6.54 Å². The number of ether oxygens (including phenoxy) is 1. The van der Waals surface area contributed by atoms with Crippen LogP contribution in [-0.4, -0.2) is 36.9 Å². The lowest BCUT2D eigenvalue weighted by Gasteiger charge is -2.15. The fraction of sp³-hybridized carbons (Fsp3) is 0.333. The molecule has 0 radical (unpaired) electrons. The summed E-state index contributed by atoms with van der Waals surface area (Å²) in [6.07, 6.45) is -0.760. The number of hydrogen-bond donors (Lipinski definition) is 3. The van der Waals surface area contributed by atoms with Gasteiger partial charge in [-0.25, -0.2) is 4.79 Å². The molecule has 0 saturated carbocycles. The molecule has 98 valence electrons. The molecule has 1 aromatic carbocycles. The summed E-state index contributed by atoms with van der Waals surface area (Å²) in [6, 6.07) is 8.31. The fourth-order valence-electron chi connectivity index (χ4n) is 1.30. The summed E-state index contributed by atoms with van der Waals surface area (Å²) in [5, 5.41) is 13.8. The molecular weight excluding hydrogens is 236 g/mol. The summed E-state index contributed by atoms with van der Waals surface area (Å²) in [5.74, 6) is -0.466. The molecule has 2 amide bonds. The molecule has 0 spiro atoms. The lowest BCUT2D eigenvalue weighted by Crippen LogP contribution is -2.48. The number of carbonyl (C=O) groups is 2. The molecule has 18 heavy (non-hydrogen) atoms. The quantitative estimate of drug-likeness (QED) is 0.689. The molecule has 0 aliphatic carbocycles. The Morgan fingerprint density at radius 3 is 2.56 bits per heavy atom. The Kier molecular flexibility index (Phi) is 5.66. The second kappa shape index (κ2) is 7.29. The van der Waals surface area contributed by atoms with Crippen LogP contribution < -0.4 is 10.6 Å². The molecule has 6 nitrogen and oxygen atoms in total. The highest BCUT2D eigenvalue weighted by atomic mass is 16.5. The SMILES string of the molecule is COC(=O)N[C@H](CO)C(=O)NCc1ccccc1. The van der Waals surface area contributed by atoms with E-state index in [1.807, 2.05) is 30.3 Å². The molecule has 0 aliphatic rings. The number of hydrogen-bond acceptors (Lipinski definition) is 4. The maximum atomic E-state index is 11.7. The van der Waals surface area contributed by atoms with Crippen LogP contribution in [0.15, 0.2) is 30.3 Å². The molecule has 1 aromatic rings. The van der Waals surface area contributed by atoms with E-state index in [2.05, 4.69) is 15.4 Å². The van der Waals surface area contributed by atoms with Crippen LogP contribution in [0.5, 0.6) is 0 Å². The van der Waals surface area contributed by atoms with Crippen molar-refractivity contribution in [2.75, 3.05) is 13.7 Å². The van der Waals surface area contributed by atoms with Gasteiger partial charge in [0, 0.05) is 6.54 Å². The van der Waals surface area contributed by atoms with Crippen molar-refractivity contribution in [3.05, 3.63) is 35.9 Å². The number of carbonyl (C=O) groups excluding carboxylic acids is 2. The zero-order chi connectivity index (χ0) is 13.4. The van der Waals surface area contributed by atoms with Crippen LogP contribution in [0.1, 0.15) is 5.56 Å². The number of amides is 2. The maximum absolute atomic E-state index is 11.7. The van der Waals surface area contributed by atoms with Crippen LogP contribution in [-0.2, 0) is 16.1 Å². The number of nitrogens with one attached hydrogen (secondary N) is 2. The summed E-state index contributed by atoms with van der Waals surface area (Å²) in [7, 11) is 1.19. The van der Waals surface area contributed by atoms with Gasteiger partial charge < -0.3 is 20.5 Å². The van der Waals surface area contributed by atoms with Gasteiger partial charge in [0.05, 0.1) is 13.7 Å². The Labute approximate surface area is 105 Å². The molecule has 0 fully saturated rings. The van der Waals surface area contributed by atoms with Gasteiger partial charge in [-0.05, 0) is 5.56 Å². The highest BCUT2D eigenvalue weighted by molar-refractivity contribution is 5.85. The minimum absolute atomic E-state index is 0.332. The van der Waals surface area contributed by atoms with E-state index in [1.54, 1.807) is 0 Å². The molecule has 0 heterocycles. The Morgan fingerprint density at radius 2 is 2.00 bits per heavy atom. The van der Waals surface area contributed by atoms with Crippen molar-refractivity contribution >= 4 is 12.0 Å². The molecule has 0 bridgehead atoms. The van der Waals surface area contributed by atoms with Gasteiger partial charge in [-0.3, -0.25) is 4.79 Å². The smallest absolute Gasteiger partial charge is 0.407 e. The van der Waals surface area contributed by atoms with Crippen molar-refractivity contribution in [3.63, 3.8) is 0 Å². The number of aliphatic hydroxyl groups is 1. The lowest BCUT2D eigenvalue weighted by atomic mass is 10.2. The van der Waals surface area contributed by atoms with Crippen LogP contribution in [0.4, 0.5) is 4.79 Å². The Morgan fingerprint density at radius 1 is 1.33 bits per heavy atom. The second-order valence-electron chi connectivity index (χ2n) is 3.57. The fourth-order valence-corrected chi connectivity index (χ4v) is 1.30. The van der Waals surface area contributed by atoms with E-state index in [9.17, 15) is 9.59 Å². The predicted octanol–water partition coefficient (Wildman–Crippen LogP) is 0.0197. The molecule has 1 rings (SSSR count). The molecule has 3 N–H and O–H groups in total. The first-order valence-electron chi connectivity index (χ1n) is 5.44. The van der Waals surface area contributed by atoms with Crippen molar-refractivity contribution in [2.45, 2.75) is 12.6 Å². The Balaban J connectivity index is 2.45. The molecule has 0 saturated heterocycles. The second-order valence-corrected chi connectivity index (χ2v) is 3.57. The van der Waals surface area contributed by atoms with Crippen molar-refractivity contribution < 1.29 is 19.4 Å². The summed E-state index contributed by atoms with van der Waals surface area (Å²) < 4.78 is 4.35. The van der Waals surface area contributed by atoms with Gasteiger partial charge in [0.2, 0.25) is 5.91 Å². The Bertz CT molecular complexity index is 394. The number of methoxy groups -OCH3 is 1. The van der Waals surface area contributed by atoms with E-state index >= 15 is 0 Å². The number of aliphatic hydroxyl groups excluding tert-OH is 1. The van der Waals surface area contributed by atoms with E-state index in [0.717, 1.165) is 5.56 Å². The maximum Gasteiger partial charge on any atom is 0.407 e. The average molecular weight is 252 g/mol. The first-order valence-corrected chi connectivity index (χ1v) is 5.44. The van der Waals surface area contributed by atoms with Crippen LogP contribution >= 0.6 is 0 Å². The highest BCUT2D eigenvalue weighted by Gasteiger charge is 2.19. The largest absolute Gasteiger partial charge is 0.453 e. The van der Waals surface area contributed by atoms with Crippen molar-refractivity contribution in [1.82, 2.24) is 10.6 Å². The number of alkyl carbamates (subject to hydrolysis) is 1. The first kappa shape index (κ1) is 14.0. The monoisotopic (exact) mass is 252 g/mol. The molecule has 0 aromatic heterocycles. The standard InChI is InChI=1S/C12H16N2O4/c1-18-12(17)14-10(8-15)11(16)13-7-9-5-3-2-4-6-9/h2-6,10,15H,7-8H2,1H3,(H,13,16)(H,14,17)/t10-/m1/s1. The average Bonchev–Trinajstić information content (AvgIpc) is 2.42.